The Hall–Kier alpha value is -0.860. The Labute approximate surface area is 105 Å². The molecule has 0 saturated heterocycles. The van der Waals surface area contributed by atoms with E-state index in [0.717, 1.165) is 0 Å². The summed E-state index contributed by atoms with van der Waals surface area (Å²) in [5, 5.41) is 0. The maximum atomic E-state index is 11.9. The molecule has 0 N–H and O–H groups in total. The Morgan fingerprint density at radius 3 is 1.88 bits per heavy atom. The molecule has 100 valence electrons. The van der Waals surface area contributed by atoms with Crippen LogP contribution in [0.15, 0.2) is 0 Å². The van der Waals surface area contributed by atoms with Gasteiger partial charge in [-0.3, -0.25) is 9.59 Å². The number of hydrogen-bond acceptors (Lipinski definition) is 3. The molecular formula is C14H26O3. The van der Waals surface area contributed by atoms with Gasteiger partial charge in [0, 0.05) is 12.3 Å². The summed E-state index contributed by atoms with van der Waals surface area (Å²) in [7, 11) is 0. The quantitative estimate of drug-likeness (QED) is 0.695. The second kappa shape index (κ2) is 6.18. The summed E-state index contributed by atoms with van der Waals surface area (Å²) in [6.07, 6.45) is 0.272. The molecule has 0 bridgehead atoms. The van der Waals surface area contributed by atoms with Gasteiger partial charge in [-0.15, -0.1) is 0 Å². The molecule has 0 amide bonds. The molecule has 0 saturated carbocycles. The highest BCUT2D eigenvalue weighted by atomic mass is 16.6. The van der Waals surface area contributed by atoms with Gasteiger partial charge in [0.05, 0.1) is 5.92 Å². The molecule has 3 nitrogen and oxygen atoms in total. The van der Waals surface area contributed by atoms with E-state index < -0.39 is 5.60 Å². The third kappa shape index (κ3) is 6.44. The Balaban J connectivity index is 4.31. The van der Waals surface area contributed by atoms with Crippen LogP contribution in [0.2, 0.25) is 0 Å². The van der Waals surface area contributed by atoms with Gasteiger partial charge in [-0.2, -0.15) is 0 Å². The summed E-state index contributed by atoms with van der Waals surface area (Å²) in [5.74, 6) is -0.198. The Kier molecular flexibility index (Phi) is 5.86. The molecule has 0 spiro atoms. The second-order valence-corrected chi connectivity index (χ2v) is 6.14. The molecule has 0 aliphatic carbocycles. The molecule has 0 unspecified atom stereocenters. The number of carbonyl (C=O) groups is 2. The molecule has 2 atom stereocenters. The molecule has 0 aromatic rings. The van der Waals surface area contributed by atoms with Crippen LogP contribution in [0.1, 0.15) is 54.9 Å². The van der Waals surface area contributed by atoms with Crippen molar-refractivity contribution >= 4 is 11.8 Å². The summed E-state index contributed by atoms with van der Waals surface area (Å²) in [4.78, 5) is 23.6. The lowest BCUT2D eigenvalue weighted by Gasteiger charge is -2.23. The minimum absolute atomic E-state index is 0.000105. The predicted octanol–water partition coefficient (Wildman–Crippen LogP) is 3.22. The van der Waals surface area contributed by atoms with E-state index in [1.54, 1.807) is 6.92 Å². The number of Topliss-reactive ketones (excluding diaryl/α,β-unsaturated/α-hetero) is 1. The minimum Gasteiger partial charge on any atom is -0.460 e. The lowest BCUT2D eigenvalue weighted by Crippen LogP contribution is -2.30. The summed E-state index contributed by atoms with van der Waals surface area (Å²) in [6.45, 7) is 13.2. The minimum atomic E-state index is -0.488. The van der Waals surface area contributed by atoms with Crippen LogP contribution in [0.4, 0.5) is 0 Å². The van der Waals surface area contributed by atoms with Crippen LogP contribution in [0.25, 0.3) is 0 Å². The molecule has 0 radical (unpaired) electrons. The average Bonchev–Trinajstić information content (AvgIpc) is 2.13. The van der Waals surface area contributed by atoms with Crippen molar-refractivity contribution in [1.29, 1.82) is 0 Å². The van der Waals surface area contributed by atoms with Crippen molar-refractivity contribution in [1.82, 2.24) is 0 Å². The van der Waals surface area contributed by atoms with E-state index in [9.17, 15) is 9.59 Å². The zero-order valence-electron chi connectivity index (χ0n) is 12.2. The summed E-state index contributed by atoms with van der Waals surface area (Å²) in [6, 6.07) is 0. The van der Waals surface area contributed by atoms with Crippen LogP contribution in [-0.2, 0) is 14.3 Å². The second-order valence-electron chi connectivity index (χ2n) is 6.14. The summed E-state index contributed by atoms with van der Waals surface area (Å²) < 4.78 is 5.25. The number of hydrogen-bond donors (Lipinski definition) is 0. The summed E-state index contributed by atoms with van der Waals surface area (Å²) in [5.41, 5.74) is -0.488. The van der Waals surface area contributed by atoms with Crippen molar-refractivity contribution in [2.75, 3.05) is 0 Å². The van der Waals surface area contributed by atoms with Crippen LogP contribution < -0.4 is 0 Å². The molecule has 0 fully saturated rings. The smallest absolute Gasteiger partial charge is 0.309 e. The molecule has 0 rings (SSSR count). The largest absolute Gasteiger partial charge is 0.460 e. The molecular weight excluding hydrogens is 216 g/mol. The van der Waals surface area contributed by atoms with E-state index >= 15 is 0 Å². The zero-order valence-corrected chi connectivity index (χ0v) is 12.2. The van der Waals surface area contributed by atoms with Crippen LogP contribution in [-0.4, -0.2) is 17.4 Å². The number of rotatable bonds is 5. The monoisotopic (exact) mass is 242 g/mol. The molecule has 0 aliphatic heterocycles. The number of esters is 1. The van der Waals surface area contributed by atoms with E-state index in [2.05, 4.69) is 0 Å². The van der Waals surface area contributed by atoms with Gasteiger partial charge in [0.15, 0.2) is 0 Å². The van der Waals surface area contributed by atoms with Crippen LogP contribution in [0, 0.1) is 17.8 Å². The first kappa shape index (κ1) is 16.1. The van der Waals surface area contributed by atoms with Crippen molar-refractivity contribution in [3.05, 3.63) is 0 Å². The van der Waals surface area contributed by atoms with Gasteiger partial charge in [-0.1, -0.05) is 27.7 Å². The average molecular weight is 242 g/mol. The van der Waals surface area contributed by atoms with Gasteiger partial charge in [0.1, 0.15) is 11.4 Å². The van der Waals surface area contributed by atoms with E-state index in [0.29, 0.717) is 5.92 Å². The maximum absolute atomic E-state index is 11.9. The van der Waals surface area contributed by atoms with Gasteiger partial charge in [0.2, 0.25) is 0 Å². The maximum Gasteiger partial charge on any atom is 0.309 e. The predicted molar refractivity (Wildman–Crippen MR) is 68.6 cm³/mol. The summed E-state index contributed by atoms with van der Waals surface area (Å²) >= 11 is 0. The van der Waals surface area contributed by atoms with Gasteiger partial charge >= 0.3 is 5.97 Å². The highest BCUT2D eigenvalue weighted by Gasteiger charge is 2.26. The number of ketones is 1. The fourth-order valence-corrected chi connectivity index (χ4v) is 1.35. The first-order valence-electron chi connectivity index (χ1n) is 6.30. The molecule has 0 aromatic heterocycles. The highest BCUT2D eigenvalue weighted by molar-refractivity contribution is 5.85. The standard InChI is InChI=1S/C14H26O3/c1-9(2)11(4)12(15)8-10(3)13(16)17-14(5,6)7/h9-11H,8H2,1-7H3/t10-,11+/m1/s1. The van der Waals surface area contributed by atoms with E-state index in [1.165, 1.54) is 0 Å². The van der Waals surface area contributed by atoms with Gasteiger partial charge < -0.3 is 4.74 Å². The van der Waals surface area contributed by atoms with Crippen molar-refractivity contribution < 1.29 is 14.3 Å². The Bertz CT molecular complexity index is 274. The van der Waals surface area contributed by atoms with Crippen LogP contribution in [0.3, 0.4) is 0 Å². The molecule has 0 aromatic carbocycles. The first-order valence-corrected chi connectivity index (χ1v) is 6.30. The van der Waals surface area contributed by atoms with Crippen molar-refractivity contribution in [2.24, 2.45) is 17.8 Å². The third-order valence-corrected chi connectivity index (χ3v) is 2.82. The lowest BCUT2D eigenvalue weighted by molar-refractivity contribution is -0.160. The lowest BCUT2D eigenvalue weighted by atomic mass is 9.89. The van der Waals surface area contributed by atoms with E-state index in [1.807, 2.05) is 41.5 Å². The van der Waals surface area contributed by atoms with Crippen molar-refractivity contribution in [3.63, 3.8) is 0 Å². The van der Waals surface area contributed by atoms with Crippen LogP contribution in [0.5, 0.6) is 0 Å². The molecule has 17 heavy (non-hydrogen) atoms. The topological polar surface area (TPSA) is 43.4 Å². The fourth-order valence-electron chi connectivity index (χ4n) is 1.35. The van der Waals surface area contributed by atoms with Gasteiger partial charge in [0.25, 0.3) is 0 Å². The van der Waals surface area contributed by atoms with Crippen molar-refractivity contribution in [3.8, 4) is 0 Å². The first-order chi connectivity index (χ1) is 7.54. The highest BCUT2D eigenvalue weighted by Crippen LogP contribution is 2.18. The Morgan fingerprint density at radius 1 is 1.06 bits per heavy atom. The van der Waals surface area contributed by atoms with E-state index in [4.69, 9.17) is 4.74 Å². The third-order valence-electron chi connectivity index (χ3n) is 2.82. The van der Waals surface area contributed by atoms with Crippen LogP contribution >= 0.6 is 0 Å². The Morgan fingerprint density at radius 2 is 1.53 bits per heavy atom. The number of carbonyl (C=O) groups excluding carboxylic acids is 2. The van der Waals surface area contributed by atoms with E-state index in [-0.39, 0.29) is 30.0 Å². The molecule has 3 heteroatoms. The molecule has 0 aliphatic rings. The van der Waals surface area contributed by atoms with Gasteiger partial charge in [-0.05, 0) is 26.7 Å². The SMILES string of the molecule is CC(C)[C@H](C)C(=O)C[C@@H](C)C(=O)OC(C)(C)C. The fraction of sp³-hybridized carbons (Fsp3) is 0.857. The van der Waals surface area contributed by atoms with Crippen molar-refractivity contribution in [2.45, 2.75) is 60.5 Å². The zero-order chi connectivity index (χ0) is 13.8. The normalized spacial score (nSPS) is 15.5. The molecule has 0 heterocycles. The van der Waals surface area contributed by atoms with Gasteiger partial charge in [-0.25, -0.2) is 0 Å². The number of ether oxygens (including phenoxy) is 1.